The Bertz CT molecular complexity index is 543. The molecule has 1 aromatic rings. The first-order valence-electron chi connectivity index (χ1n) is 7.45. The summed E-state index contributed by atoms with van der Waals surface area (Å²) in [5.74, 6) is 0.818. The molecule has 3 nitrogen and oxygen atoms in total. The molecule has 0 saturated carbocycles. The Hall–Kier alpha value is -0.870. The fraction of sp³-hybridized carbons (Fsp3) is 0.625. The van der Waals surface area contributed by atoms with Crippen LogP contribution in [0.5, 0.6) is 0 Å². The van der Waals surface area contributed by atoms with E-state index in [-0.39, 0.29) is 5.25 Å². The zero-order valence-electron chi connectivity index (χ0n) is 12.7. The van der Waals surface area contributed by atoms with Crippen molar-refractivity contribution in [3.63, 3.8) is 0 Å². The van der Waals surface area contributed by atoms with Gasteiger partial charge in [-0.05, 0) is 63.4 Å². The van der Waals surface area contributed by atoms with Crippen molar-refractivity contribution in [2.75, 3.05) is 13.1 Å². The molecule has 0 aromatic heterocycles. The van der Waals surface area contributed by atoms with Crippen LogP contribution in [-0.4, -0.2) is 31.7 Å². The molecule has 4 heteroatoms. The average Bonchev–Trinajstić information content (AvgIpc) is 2.41. The highest BCUT2D eigenvalue weighted by Gasteiger charge is 2.20. The highest BCUT2D eigenvalue weighted by molar-refractivity contribution is 7.92. The standard InChI is InChI=1S/C16H25NO2S/c1-13(2)20(18,19)16-6-4-5-15(11-16)12-17-9-7-14(3)8-10-17/h4-6,11,13-14H,7-10,12H2,1-3H3. The van der Waals surface area contributed by atoms with Crippen molar-refractivity contribution in [2.24, 2.45) is 5.92 Å². The molecular weight excluding hydrogens is 270 g/mol. The minimum atomic E-state index is -3.17. The smallest absolute Gasteiger partial charge is 0.180 e. The van der Waals surface area contributed by atoms with E-state index < -0.39 is 9.84 Å². The van der Waals surface area contributed by atoms with Gasteiger partial charge >= 0.3 is 0 Å². The largest absolute Gasteiger partial charge is 0.299 e. The highest BCUT2D eigenvalue weighted by atomic mass is 32.2. The van der Waals surface area contributed by atoms with E-state index in [4.69, 9.17) is 0 Å². The Morgan fingerprint density at radius 2 is 1.90 bits per heavy atom. The molecule has 0 bridgehead atoms. The first kappa shape index (κ1) is 15.5. The number of rotatable bonds is 4. The molecule has 0 N–H and O–H groups in total. The van der Waals surface area contributed by atoms with Gasteiger partial charge in [-0.2, -0.15) is 0 Å². The van der Waals surface area contributed by atoms with Gasteiger partial charge in [-0.1, -0.05) is 19.1 Å². The van der Waals surface area contributed by atoms with E-state index in [9.17, 15) is 8.42 Å². The molecular formula is C16H25NO2S. The van der Waals surface area contributed by atoms with Crippen LogP contribution in [0.25, 0.3) is 0 Å². The molecule has 0 spiro atoms. The number of benzene rings is 1. The molecule has 0 unspecified atom stereocenters. The molecule has 1 fully saturated rings. The van der Waals surface area contributed by atoms with Gasteiger partial charge in [0.2, 0.25) is 0 Å². The molecule has 0 atom stereocenters. The van der Waals surface area contributed by atoms with E-state index >= 15 is 0 Å². The summed E-state index contributed by atoms with van der Waals surface area (Å²) < 4.78 is 24.4. The van der Waals surface area contributed by atoms with Crippen molar-refractivity contribution < 1.29 is 8.42 Å². The van der Waals surface area contributed by atoms with Crippen LogP contribution in [-0.2, 0) is 16.4 Å². The Balaban J connectivity index is 2.11. The number of piperidine rings is 1. The maximum atomic E-state index is 12.2. The van der Waals surface area contributed by atoms with Crippen LogP contribution in [0.3, 0.4) is 0 Å². The van der Waals surface area contributed by atoms with E-state index in [1.54, 1.807) is 19.9 Å². The van der Waals surface area contributed by atoms with Crippen molar-refractivity contribution in [2.45, 2.75) is 50.3 Å². The van der Waals surface area contributed by atoms with Crippen LogP contribution in [0, 0.1) is 5.92 Å². The lowest BCUT2D eigenvalue weighted by atomic mass is 9.99. The second-order valence-electron chi connectivity index (χ2n) is 6.20. The maximum Gasteiger partial charge on any atom is 0.180 e. The molecule has 1 heterocycles. The van der Waals surface area contributed by atoms with E-state index in [1.807, 2.05) is 18.2 Å². The van der Waals surface area contributed by atoms with Crippen molar-refractivity contribution in [1.29, 1.82) is 0 Å². The zero-order chi connectivity index (χ0) is 14.8. The molecule has 20 heavy (non-hydrogen) atoms. The quantitative estimate of drug-likeness (QED) is 0.856. The Morgan fingerprint density at radius 3 is 2.50 bits per heavy atom. The summed E-state index contributed by atoms with van der Waals surface area (Å²) >= 11 is 0. The third kappa shape index (κ3) is 3.61. The lowest BCUT2D eigenvalue weighted by Gasteiger charge is -2.30. The molecule has 1 aromatic carbocycles. The number of likely N-dealkylation sites (tertiary alicyclic amines) is 1. The van der Waals surface area contributed by atoms with Crippen LogP contribution >= 0.6 is 0 Å². The van der Waals surface area contributed by atoms with Gasteiger partial charge in [0, 0.05) is 6.54 Å². The van der Waals surface area contributed by atoms with Crippen LogP contribution in [0.4, 0.5) is 0 Å². The molecule has 112 valence electrons. The van der Waals surface area contributed by atoms with Gasteiger partial charge in [-0.15, -0.1) is 0 Å². The number of hydrogen-bond donors (Lipinski definition) is 0. The number of sulfone groups is 1. The fourth-order valence-corrected chi connectivity index (χ4v) is 3.70. The maximum absolute atomic E-state index is 12.2. The first-order chi connectivity index (χ1) is 9.39. The van der Waals surface area contributed by atoms with Gasteiger partial charge in [0.1, 0.15) is 0 Å². The van der Waals surface area contributed by atoms with Crippen molar-refractivity contribution in [1.82, 2.24) is 4.90 Å². The van der Waals surface area contributed by atoms with E-state index in [0.717, 1.165) is 31.1 Å². The second kappa shape index (κ2) is 6.27. The third-order valence-corrected chi connectivity index (χ3v) is 6.28. The monoisotopic (exact) mass is 295 g/mol. The molecule has 0 radical (unpaired) electrons. The summed E-state index contributed by atoms with van der Waals surface area (Å²) in [5, 5.41) is -0.367. The van der Waals surface area contributed by atoms with Crippen molar-refractivity contribution >= 4 is 9.84 Å². The topological polar surface area (TPSA) is 37.4 Å². The minimum absolute atomic E-state index is 0.367. The lowest BCUT2D eigenvalue weighted by Crippen LogP contribution is -2.32. The van der Waals surface area contributed by atoms with Gasteiger partial charge in [-0.3, -0.25) is 4.90 Å². The predicted octanol–water partition coefficient (Wildman–Crippen LogP) is 3.10. The van der Waals surface area contributed by atoms with Crippen LogP contribution in [0.2, 0.25) is 0 Å². The van der Waals surface area contributed by atoms with Gasteiger partial charge < -0.3 is 0 Å². The van der Waals surface area contributed by atoms with Gasteiger partial charge in [-0.25, -0.2) is 8.42 Å². The molecule has 1 aliphatic heterocycles. The summed E-state index contributed by atoms with van der Waals surface area (Å²) in [6, 6.07) is 7.43. The molecule has 0 amide bonds. The summed E-state index contributed by atoms with van der Waals surface area (Å²) in [4.78, 5) is 2.87. The summed E-state index contributed by atoms with van der Waals surface area (Å²) in [7, 11) is -3.17. The predicted molar refractivity (Wildman–Crippen MR) is 82.4 cm³/mol. The normalized spacial score (nSPS) is 18.6. The van der Waals surface area contributed by atoms with Gasteiger partial charge in [0.25, 0.3) is 0 Å². The van der Waals surface area contributed by atoms with Crippen LogP contribution in [0.15, 0.2) is 29.2 Å². The second-order valence-corrected chi connectivity index (χ2v) is 8.70. The van der Waals surface area contributed by atoms with Crippen LogP contribution in [0.1, 0.15) is 39.2 Å². The molecule has 2 rings (SSSR count). The van der Waals surface area contributed by atoms with E-state index in [2.05, 4.69) is 11.8 Å². The van der Waals surface area contributed by atoms with Crippen molar-refractivity contribution in [3.8, 4) is 0 Å². The zero-order valence-corrected chi connectivity index (χ0v) is 13.5. The van der Waals surface area contributed by atoms with E-state index in [1.165, 1.54) is 12.8 Å². The summed E-state index contributed by atoms with van der Waals surface area (Å²) in [5.41, 5.74) is 1.10. The van der Waals surface area contributed by atoms with Crippen LogP contribution < -0.4 is 0 Å². The summed E-state index contributed by atoms with van der Waals surface area (Å²) in [6.07, 6.45) is 2.48. The van der Waals surface area contributed by atoms with Gasteiger partial charge in [0.15, 0.2) is 9.84 Å². The number of hydrogen-bond acceptors (Lipinski definition) is 3. The summed E-state index contributed by atoms with van der Waals surface area (Å²) in [6.45, 7) is 8.84. The molecule has 1 aliphatic rings. The Kier molecular flexibility index (Phi) is 4.86. The highest BCUT2D eigenvalue weighted by Crippen LogP contribution is 2.21. The van der Waals surface area contributed by atoms with Crippen molar-refractivity contribution in [3.05, 3.63) is 29.8 Å². The average molecular weight is 295 g/mol. The van der Waals surface area contributed by atoms with E-state index in [0.29, 0.717) is 4.90 Å². The Morgan fingerprint density at radius 1 is 1.25 bits per heavy atom. The Labute approximate surface area is 122 Å². The first-order valence-corrected chi connectivity index (χ1v) is 8.99. The minimum Gasteiger partial charge on any atom is -0.299 e. The number of nitrogens with zero attached hydrogens (tertiary/aromatic N) is 1. The third-order valence-electron chi connectivity index (χ3n) is 4.13. The van der Waals surface area contributed by atoms with Gasteiger partial charge in [0.05, 0.1) is 10.1 Å². The molecule has 0 aliphatic carbocycles. The SMILES string of the molecule is CC1CCN(Cc2cccc(S(=O)(=O)C(C)C)c2)CC1. The molecule has 1 saturated heterocycles. The fourth-order valence-electron chi connectivity index (χ4n) is 2.57. The lowest BCUT2D eigenvalue weighted by molar-refractivity contribution is 0.185.